The van der Waals surface area contributed by atoms with Crippen molar-refractivity contribution in [2.75, 3.05) is 6.54 Å². The Bertz CT molecular complexity index is 803. The van der Waals surface area contributed by atoms with Crippen LogP contribution in [0, 0.1) is 0 Å². The summed E-state index contributed by atoms with van der Waals surface area (Å²) in [6, 6.07) is 6.13. The van der Waals surface area contributed by atoms with Crippen molar-refractivity contribution in [1.82, 2.24) is 14.9 Å². The number of hydrogen-bond donors (Lipinski definition) is 1. The van der Waals surface area contributed by atoms with Gasteiger partial charge in [-0.15, -0.1) is 0 Å². The molecule has 0 radical (unpaired) electrons. The number of carbonyl (C=O) groups excluding carboxylic acids is 2. The molecule has 0 aromatic carbocycles. The van der Waals surface area contributed by atoms with Crippen LogP contribution in [0.2, 0.25) is 0 Å². The van der Waals surface area contributed by atoms with Crippen LogP contribution in [0.25, 0.3) is 5.76 Å². The molecule has 1 amide bonds. The van der Waals surface area contributed by atoms with E-state index in [0.717, 1.165) is 18.4 Å². The molecule has 1 N–H and O–H groups in total. The molecule has 1 fully saturated rings. The number of ketones is 1. The van der Waals surface area contributed by atoms with Crippen molar-refractivity contribution in [1.29, 1.82) is 0 Å². The van der Waals surface area contributed by atoms with E-state index in [-0.39, 0.29) is 11.3 Å². The Kier molecular flexibility index (Phi) is 4.88. The van der Waals surface area contributed by atoms with E-state index in [1.165, 1.54) is 17.3 Å². The Labute approximate surface area is 145 Å². The monoisotopic (exact) mass is 337 g/mol. The number of aliphatic hydroxyl groups excluding tert-OH is 1. The molecule has 1 atom stereocenters. The maximum absolute atomic E-state index is 12.6. The van der Waals surface area contributed by atoms with Gasteiger partial charge in [0.15, 0.2) is 0 Å². The van der Waals surface area contributed by atoms with E-state index in [2.05, 4.69) is 9.97 Å². The molecular weight excluding hydrogens is 318 g/mol. The summed E-state index contributed by atoms with van der Waals surface area (Å²) in [4.78, 5) is 34.6. The fraction of sp³-hybridized carbons (Fsp3) is 0.263. The zero-order valence-corrected chi connectivity index (χ0v) is 13.9. The van der Waals surface area contributed by atoms with Gasteiger partial charge in [-0.2, -0.15) is 0 Å². The molecule has 3 rings (SSSR count). The highest BCUT2D eigenvalue weighted by Crippen LogP contribution is 2.39. The van der Waals surface area contributed by atoms with Crippen LogP contribution in [0.5, 0.6) is 0 Å². The lowest BCUT2D eigenvalue weighted by Gasteiger charge is -2.25. The van der Waals surface area contributed by atoms with E-state index in [1.807, 2.05) is 6.92 Å². The van der Waals surface area contributed by atoms with E-state index in [0.29, 0.717) is 12.1 Å². The van der Waals surface area contributed by atoms with Gasteiger partial charge >= 0.3 is 0 Å². The van der Waals surface area contributed by atoms with Crippen LogP contribution in [0.3, 0.4) is 0 Å². The zero-order chi connectivity index (χ0) is 17.8. The smallest absolute Gasteiger partial charge is 0.295 e. The van der Waals surface area contributed by atoms with Gasteiger partial charge in [0.25, 0.3) is 11.7 Å². The fourth-order valence-electron chi connectivity index (χ4n) is 3.00. The molecule has 0 bridgehead atoms. The maximum Gasteiger partial charge on any atom is 0.295 e. The van der Waals surface area contributed by atoms with Gasteiger partial charge in [-0.3, -0.25) is 19.6 Å². The van der Waals surface area contributed by atoms with Gasteiger partial charge < -0.3 is 10.0 Å². The predicted molar refractivity (Wildman–Crippen MR) is 92.4 cm³/mol. The summed E-state index contributed by atoms with van der Waals surface area (Å²) >= 11 is 0. The van der Waals surface area contributed by atoms with Crippen molar-refractivity contribution in [3.63, 3.8) is 0 Å². The second kappa shape index (κ2) is 7.25. The van der Waals surface area contributed by atoms with Crippen LogP contribution in [0.1, 0.15) is 36.9 Å². The molecule has 0 aliphatic carbocycles. The minimum atomic E-state index is -0.660. The number of aliphatic hydroxyl groups is 1. The van der Waals surface area contributed by atoms with E-state index in [4.69, 9.17) is 0 Å². The number of likely N-dealkylation sites (tertiary alicyclic amines) is 1. The Morgan fingerprint density at radius 1 is 1.08 bits per heavy atom. The van der Waals surface area contributed by atoms with E-state index >= 15 is 0 Å². The van der Waals surface area contributed by atoms with Crippen molar-refractivity contribution >= 4 is 17.4 Å². The SMILES string of the molecule is CCCCN1C(=O)C(=O)/C(=C(\O)c2ccncc2)C1c1ccncc1. The molecule has 6 nitrogen and oxygen atoms in total. The van der Waals surface area contributed by atoms with Crippen LogP contribution in [-0.2, 0) is 9.59 Å². The van der Waals surface area contributed by atoms with Gasteiger partial charge in [0.2, 0.25) is 0 Å². The van der Waals surface area contributed by atoms with Crippen molar-refractivity contribution in [2.45, 2.75) is 25.8 Å². The molecule has 1 saturated heterocycles. The second-order valence-corrected chi connectivity index (χ2v) is 5.86. The highest BCUT2D eigenvalue weighted by Gasteiger charge is 2.45. The topological polar surface area (TPSA) is 83.4 Å². The number of amides is 1. The van der Waals surface area contributed by atoms with Gasteiger partial charge in [-0.25, -0.2) is 0 Å². The van der Waals surface area contributed by atoms with Crippen molar-refractivity contribution < 1.29 is 14.7 Å². The molecule has 6 heteroatoms. The highest BCUT2D eigenvalue weighted by atomic mass is 16.3. The molecule has 1 aliphatic heterocycles. The molecule has 3 heterocycles. The largest absolute Gasteiger partial charge is 0.507 e. The fourth-order valence-corrected chi connectivity index (χ4v) is 3.00. The Balaban J connectivity index is 2.14. The number of aromatic nitrogens is 2. The normalized spacial score (nSPS) is 19.4. The third-order valence-corrected chi connectivity index (χ3v) is 4.27. The summed E-state index contributed by atoms with van der Waals surface area (Å²) in [6.45, 7) is 2.48. The molecule has 0 saturated carbocycles. The first-order chi connectivity index (χ1) is 12.1. The Morgan fingerprint density at radius 3 is 2.28 bits per heavy atom. The number of rotatable bonds is 5. The van der Waals surface area contributed by atoms with Crippen molar-refractivity contribution in [3.8, 4) is 0 Å². The first kappa shape index (κ1) is 16.8. The first-order valence-corrected chi connectivity index (χ1v) is 8.24. The second-order valence-electron chi connectivity index (χ2n) is 5.86. The number of nitrogens with zero attached hydrogens (tertiary/aromatic N) is 3. The molecule has 128 valence electrons. The van der Waals surface area contributed by atoms with Crippen LogP contribution < -0.4 is 0 Å². The predicted octanol–water partition coefficient (Wildman–Crippen LogP) is 2.70. The minimum absolute atomic E-state index is 0.110. The lowest BCUT2D eigenvalue weighted by molar-refractivity contribution is -0.139. The number of unbranched alkanes of at least 4 members (excludes halogenated alkanes) is 1. The lowest BCUT2D eigenvalue weighted by atomic mass is 9.96. The standard InChI is InChI=1S/C19H19N3O3/c1-2-3-12-22-16(13-4-8-20-9-5-13)15(18(24)19(22)25)17(23)14-6-10-21-11-7-14/h4-11,16,23H,2-3,12H2,1H3/b17-15-. The summed E-state index contributed by atoms with van der Waals surface area (Å²) in [5.41, 5.74) is 1.32. The maximum atomic E-state index is 12.6. The summed E-state index contributed by atoms with van der Waals surface area (Å²) in [5.74, 6) is -1.42. The Hall–Kier alpha value is -3.02. The summed E-state index contributed by atoms with van der Waals surface area (Å²) in [5, 5.41) is 10.7. The average molecular weight is 337 g/mol. The van der Waals surface area contributed by atoms with Crippen LogP contribution >= 0.6 is 0 Å². The summed E-state index contributed by atoms with van der Waals surface area (Å²) < 4.78 is 0. The molecule has 1 unspecified atom stereocenters. The quantitative estimate of drug-likeness (QED) is 0.515. The van der Waals surface area contributed by atoms with E-state index in [1.54, 1.807) is 36.7 Å². The number of pyridine rings is 2. The Morgan fingerprint density at radius 2 is 1.68 bits per heavy atom. The molecule has 2 aromatic heterocycles. The average Bonchev–Trinajstić information content (AvgIpc) is 2.91. The van der Waals surface area contributed by atoms with Crippen LogP contribution in [0.4, 0.5) is 0 Å². The van der Waals surface area contributed by atoms with E-state index in [9.17, 15) is 14.7 Å². The molecule has 25 heavy (non-hydrogen) atoms. The third kappa shape index (κ3) is 3.15. The van der Waals surface area contributed by atoms with Gasteiger partial charge in [-0.05, 0) is 36.2 Å². The van der Waals surface area contributed by atoms with Crippen LogP contribution in [0.15, 0.2) is 54.6 Å². The third-order valence-electron chi connectivity index (χ3n) is 4.27. The highest BCUT2D eigenvalue weighted by molar-refractivity contribution is 6.46. The lowest BCUT2D eigenvalue weighted by Crippen LogP contribution is -2.30. The zero-order valence-electron chi connectivity index (χ0n) is 13.9. The van der Waals surface area contributed by atoms with Crippen molar-refractivity contribution in [3.05, 3.63) is 65.8 Å². The van der Waals surface area contributed by atoms with Gasteiger partial charge in [0, 0.05) is 36.9 Å². The first-order valence-electron chi connectivity index (χ1n) is 8.24. The number of Topliss-reactive ketones (excluding diaryl/α,β-unsaturated/α-hetero) is 1. The number of hydrogen-bond acceptors (Lipinski definition) is 5. The van der Waals surface area contributed by atoms with Crippen molar-refractivity contribution in [2.24, 2.45) is 0 Å². The molecule has 1 aliphatic rings. The molecule has 0 spiro atoms. The minimum Gasteiger partial charge on any atom is -0.507 e. The van der Waals surface area contributed by atoms with Gasteiger partial charge in [0.1, 0.15) is 5.76 Å². The van der Waals surface area contributed by atoms with Gasteiger partial charge in [0.05, 0.1) is 11.6 Å². The van der Waals surface area contributed by atoms with E-state index < -0.39 is 17.7 Å². The van der Waals surface area contributed by atoms with Crippen LogP contribution in [-0.4, -0.2) is 38.2 Å². The number of carbonyl (C=O) groups is 2. The molecular formula is C19H19N3O3. The molecule has 2 aromatic rings. The van der Waals surface area contributed by atoms with Gasteiger partial charge in [-0.1, -0.05) is 13.3 Å². The summed E-state index contributed by atoms with van der Waals surface area (Å²) in [6.07, 6.45) is 7.97. The summed E-state index contributed by atoms with van der Waals surface area (Å²) in [7, 11) is 0.